The monoisotopic (exact) mass is 167 g/mol. The Kier molecular flexibility index (Phi) is 1.55. The minimum atomic E-state index is 0.399. The zero-order valence-electron chi connectivity index (χ0n) is 5.75. The molecule has 0 aliphatic rings. The fourth-order valence-corrected chi connectivity index (χ4v) is 1.12. The molecule has 2 nitrogen and oxygen atoms in total. The number of hydrogen-bond acceptors (Lipinski definition) is 2. The van der Waals surface area contributed by atoms with Crippen molar-refractivity contribution in [2.45, 2.75) is 5.88 Å². The lowest BCUT2D eigenvalue weighted by molar-refractivity contribution is 0.562. The highest BCUT2D eigenvalue weighted by atomic mass is 35.5. The first-order valence-corrected chi connectivity index (χ1v) is 3.83. The van der Waals surface area contributed by atoms with E-state index < -0.39 is 0 Å². The van der Waals surface area contributed by atoms with E-state index in [9.17, 15) is 0 Å². The van der Waals surface area contributed by atoms with Gasteiger partial charge in [0, 0.05) is 11.6 Å². The van der Waals surface area contributed by atoms with Gasteiger partial charge < -0.3 is 4.42 Å². The lowest BCUT2D eigenvalue weighted by Gasteiger charge is -1.82. The van der Waals surface area contributed by atoms with Crippen molar-refractivity contribution < 1.29 is 4.42 Å². The van der Waals surface area contributed by atoms with Crippen LogP contribution in [0.15, 0.2) is 28.8 Å². The second kappa shape index (κ2) is 2.55. The van der Waals surface area contributed by atoms with E-state index in [2.05, 4.69) is 4.98 Å². The molecule has 56 valence electrons. The summed E-state index contributed by atoms with van der Waals surface area (Å²) in [7, 11) is 0. The summed E-state index contributed by atoms with van der Waals surface area (Å²) >= 11 is 5.58. The van der Waals surface area contributed by atoms with Crippen molar-refractivity contribution in [2.24, 2.45) is 0 Å². The Bertz CT molecular complexity index is 336. The van der Waals surface area contributed by atoms with Gasteiger partial charge in [0.05, 0.1) is 5.88 Å². The molecule has 2 heterocycles. The van der Waals surface area contributed by atoms with Crippen LogP contribution in [0.1, 0.15) is 5.76 Å². The van der Waals surface area contributed by atoms with Crippen molar-refractivity contribution in [3.63, 3.8) is 0 Å². The number of rotatable bonds is 1. The molecule has 0 unspecified atom stereocenters. The van der Waals surface area contributed by atoms with Crippen molar-refractivity contribution in [1.82, 2.24) is 4.98 Å². The lowest BCUT2D eigenvalue weighted by Crippen LogP contribution is -1.67. The number of nitrogens with zero attached hydrogens (tertiary/aromatic N) is 1. The Hall–Kier alpha value is -1.02. The Balaban J connectivity index is 2.69. The molecule has 0 amide bonds. The van der Waals surface area contributed by atoms with Crippen molar-refractivity contribution >= 4 is 22.7 Å². The highest BCUT2D eigenvalue weighted by Gasteiger charge is 2.00. The van der Waals surface area contributed by atoms with E-state index in [1.54, 1.807) is 6.20 Å². The molecular weight excluding hydrogens is 162 g/mol. The van der Waals surface area contributed by atoms with Crippen molar-refractivity contribution in [2.75, 3.05) is 0 Å². The molecule has 0 atom stereocenters. The SMILES string of the molecule is ClCc1cc2cccnc2o1. The van der Waals surface area contributed by atoms with E-state index in [1.165, 1.54) is 0 Å². The topological polar surface area (TPSA) is 26.0 Å². The molecule has 11 heavy (non-hydrogen) atoms. The third-order valence-electron chi connectivity index (χ3n) is 1.48. The van der Waals surface area contributed by atoms with Gasteiger partial charge in [0.25, 0.3) is 0 Å². The summed E-state index contributed by atoms with van der Waals surface area (Å²) in [6, 6.07) is 5.72. The molecule has 0 fully saturated rings. The van der Waals surface area contributed by atoms with Crippen LogP contribution in [-0.2, 0) is 5.88 Å². The van der Waals surface area contributed by atoms with Gasteiger partial charge in [0.15, 0.2) is 0 Å². The van der Waals surface area contributed by atoms with Crippen LogP contribution in [0.25, 0.3) is 11.1 Å². The number of aromatic nitrogens is 1. The second-order valence-electron chi connectivity index (χ2n) is 2.24. The third kappa shape index (κ3) is 1.10. The molecule has 0 saturated carbocycles. The summed E-state index contributed by atoms with van der Waals surface area (Å²) in [4.78, 5) is 4.02. The lowest BCUT2D eigenvalue weighted by atomic mass is 10.3. The van der Waals surface area contributed by atoms with Gasteiger partial charge in [-0.05, 0) is 18.2 Å². The molecule has 2 rings (SSSR count). The van der Waals surface area contributed by atoms with E-state index in [0.29, 0.717) is 11.6 Å². The highest BCUT2D eigenvalue weighted by Crippen LogP contribution is 2.17. The molecule has 3 heteroatoms. The fourth-order valence-electron chi connectivity index (χ4n) is 0.991. The summed E-state index contributed by atoms with van der Waals surface area (Å²) in [6.45, 7) is 0. The Morgan fingerprint density at radius 1 is 1.55 bits per heavy atom. The van der Waals surface area contributed by atoms with Crippen LogP contribution in [0.3, 0.4) is 0 Å². The number of fused-ring (bicyclic) bond motifs is 1. The van der Waals surface area contributed by atoms with Gasteiger partial charge in [-0.25, -0.2) is 4.98 Å². The van der Waals surface area contributed by atoms with Gasteiger partial charge in [-0.1, -0.05) is 0 Å². The van der Waals surface area contributed by atoms with Crippen LogP contribution in [0.4, 0.5) is 0 Å². The standard InChI is InChI=1S/C8H6ClNO/c9-5-7-4-6-2-1-3-10-8(6)11-7/h1-4H,5H2. The molecule has 0 aliphatic carbocycles. The minimum absolute atomic E-state index is 0.399. The molecule has 0 bridgehead atoms. The zero-order valence-corrected chi connectivity index (χ0v) is 6.51. The predicted octanol–water partition coefficient (Wildman–Crippen LogP) is 2.57. The minimum Gasteiger partial charge on any atom is -0.442 e. The Morgan fingerprint density at radius 2 is 2.45 bits per heavy atom. The van der Waals surface area contributed by atoms with Crippen LogP contribution >= 0.6 is 11.6 Å². The van der Waals surface area contributed by atoms with Gasteiger partial charge in [0.1, 0.15) is 5.76 Å². The van der Waals surface area contributed by atoms with Crippen LogP contribution in [0.2, 0.25) is 0 Å². The van der Waals surface area contributed by atoms with Crippen molar-refractivity contribution in [3.05, 3.63) is 30.2 Å². The van der Waals surface area contributed by atoms with Gasteiger partial charge in [-0.3, -0.25) is 0 Å². The highest BCUT2D eigenvalue weighted by molar-refractivity contribution is 6.16. The smallest absolute Gasteiger partial charge is 0.226 e. The quantitative estimate of drug-likeness (QED) is 0.611. The average molecular weight is 168 g/mol. The molecule has 0 saturated heterocycles. The third-order valence-corrected chi connectivity index (χ3v) is 1.74. The summed E-state index contributed by atoms with van der Waals surface area (Å²) < 4.78 is 5.27. The number of halogens is 1. The largest absolute Gasteiger partial charge is 0.442 e. The first-order valence-electron chi connectivity index (χ1n) is 3.29. The van der Waals surface area contributed by atoms with Gasteiger partial charge in [-0.2, -0.15) is 0 Å². The van der Waals surface area contributed by atoms with E-state index >= 15 is 0 Å². The van der Waals surface area contributed by atoms with Gasteiger partial charge in [-0.15, -0.1) is 11.6 Å². The maximum Gasteiger partial charge on any atom is 0.226 e. The number of pyridine rings is 1. The summed E-state index contributed by atoms with van der Waals surface area (Å²) in [5.74, 6) is 1.16. The molecule has 0 aromatic carbocycles. The summed E-state index contributed by atoms with van der Waals surface area (Å²) in [5.41, 5.74) is 0.656. The van der Waals surface area contributed by atoms with Crippen LogP contribution < -0.4 is 0 Å². The Morgan fingerprint density at radius 3 is 3.18 bits per heavy atom. The predicted molar refractivity (Wildman–Crippen MR) is 43.6 cm³/mol. The molecule has 2 aromatic rings. The normalized spacial score (nSPS) is 10.6. The molecule has 0 radical (unpaired) electrons. The second-order valence-corrected chi connectivity index (χ2v) is 2.51. The number of hydrogen-bond donors (Lipinski definition) is 0. The summed E-state index contributed by atoms with van der Waals surface area (Å²) in [6.07, 6.45) is 1.70. The first-order chi connectivity index (χ1) is 5.40. The molecular formula is C8H6ClNO. The number of alkyl halides is 1. The fraction of sp³-hybridized carbons (Fsp3) is 0.125. The van der Waals surface area contributed by atoms with E-state index in [1.807, 2.05) is 18.2 Å². The maximum atomic E-state index is 5.58. The first kappa shape index (κ1) is 6.68. The molecule has 0 spiro atoms. The van der Waals surface area contributed by atoms with Crippen molar-refractivity contribution in [3.8, 4) is 0 Å². The van der Waals surface area contributed by atoms with Gasteiger partial charge >= 0.3 is 0 Å². The van der Waals surface area contributed by atoms with E-state index in [0.717, 1.165) is 11.1 Å². The maximum absolute atomic E-state index is 5.58. The Labute approximate surface area is 68.8 Å². The molecule has 2 aromatic heterocycles. The molecule has 0 aliphatic heterocycles. The van der Waals surface area contributed by atoms with Gasteiger partial charge in [0.2, 0.25) is 5.71 Å². The van der Waals surface area contributed by atoms with E-state index in [4.69, 9.17) is 16.0 Å². The van der Waals surface area contributed by atoms with Crippen LogP contribution in [0, 0.1) is 0 Å². The van der Waals surface area contributed by atoms with Crippen LogP contribution in [-0.4, -0.2) is 4.98 Å². The number of furan rings is 1. The summed E-state index contributed by atoms with van der Waals surface area (Å²) in [5, 5.41) is 1.00. The molecule has 0 N–H and O–H groups in total. The zero-order chi connectivity index (χ0) is 7.68. The van der Waals surface area contributed by atoms with Crippen LogP contribution in [0.5, 0.6) is 0 Å². The van der Waals surface area contributed by atoms with E-state index in [-0.39, 0.29) is 0 Å². The van der Waals surface area contributed by atoms with Crippen molar-refractivity contribution in [1.29, 1.82) is 0 Å². The average Bonchev–Trinajstić information content (AvgIpc) is 2.46.